The van der Waals surface area contributed by atoms with Crippen molar-refractivity contribution >= 4 is 6.08 Å². The minimum atomic E-state index is -0.132. The molecular weight excluding hydrogens is 300 g/mol. The van der Waals surface area contributed by atoms with Gasteiger partial charge in [0, 0.05) is 5.56 Å². The van der Waals surface area contributed by atoms with E-state index in [0.717, 1.165) is 37.7 Å². The van der Waals surface area contributed by atoms with Crippen LogP contribution < -0.4 is 0 Å². The first kappa shape index (κ1) is 16.2. The van der Waals surface area contributed by atoms with E-state index in [2.05, 4.69) is 13.0 Å². The number of hydrogen-bond acceptors (Lipinski definition) is 3. The maximum Gasteiger partial charge on any atom is 0.123 e. The average molecular weight is 328 g/mol. The molecule has 4 rings (SSSR count). The summed E-state index contributed by atoms with van der Waals surface area (Å²) >= 11 is 0. The lowest BCUT2D eigenvalue weighted by atomic mass is 9.55. The third kappa shape index (κ3) is 2.33. The van der Waals surface area contributed by atoms with Crippen LogP contribution in [0.15, 0.2) is 18.2 Å². The van der Waals surface area contributed by atoms with Gasteiger partial charge in [0.15, 0.2) is 0 Å². The predicted molar refractivity (Wildman–Crippen MR) is 94.9 cm³/mol. The number of hydrogen-bond donors (Lipinski definition) is 3. The molecule has 3 aliphatic rings. The van der Waals surface area contributed by atoms with Crippen molar-refractivity contribution < 1.29 is 15.3 Å². The zero-order valence-electron chi connectivity index (χ0n) is 14.4. The van der Waals surface area contributed by atoms with E-state index in [1.165, 1.54) is 17.5 Å². The van der Waals surface area contributed by atoms with Crippen molar-refractivity contribution in [1.82, 2.24) is 0 Å². The van der Waals surface area contributed by atoms with Crippen LogP contribution >= 0.6 is 0 Å². The number of aliphatic hydroxyl groups excluding tert-OH is 2. The molecule has 0 radical (unpaired) electrons. The van der Waals surface area contributed by atoms with Crippen molar-refractivity contribution in [2.24, 2.45) is 17.3 Å². The summed E-state index contributed by atoms with van der Waals surface area (Å²) in [5.41, 5.74) is 3.60. The molecule has 2 fully saturated rings. The first-order valence-electron chi connectivity index (χ1n) is 9.36. The Bertz CT molecular complexity index is 665. The van der Waals surface area contributed by atoms with Crippen LogP contribution in [0, 0.1) is 17.3 Å². The van der Waals surface area contributed by atoms with Crippen LogP contribution in [0.4, 0.5) is 0 Å². The Hall–Kier alpha value is -1.32. The Morgan fingerprint density at radius 1 is 1.21 bits per heavy atom. The minimum absolute atomic E-state index is 0.0130. The van der Waals surface area contributed by atoms with E-state index in [9.17, 15) is 10.2 Å². The lowest BCUT2D eigenvalue weighted by Gasteiger charge is -2.50. The van der Waals surface area contributed by atoms with E-state index < -0.39 is 0 Å². The first-order valence-corrected chi connectivity index (χ1v) is 9.36. The fourth-order valence-electron chi connectivity index (χ4n) is 5.91. The summed E-state index contributed by atoms with van der Waals surface area (Å²) in [4.78, 5) is 0. The Balaban J connectivity index is 1.70. The van der Waals surface area contributed by atoms with Gasteiger partial charge < -0.3 is 15.3 Å². The average Bonchev–Trinajstić information content (AvgIpc) is 2.88. The van der Waals surface area contributed by atoms with Crippen LogP contribution in [0.3, 0.4) is 0 Å². The molecule has 0 aromatic heterocycles. The molecule has 3 heteroatoms. The third-order valence-corrected chi connectivity index (χ3v) is 7.22. The van der Waals surface area contributed by atoms with Gasteiger partial charge in [-0.25, -0.2) is 0 Å². The van der Waals surface area contributed by atoms with Crippen molar-refractivity contribution in [3.05, 3.63) is 34.9 Å². The Morgan fingerprint density at radius 3 is 2.83 bits per heavy atom. The number of phenols is 1. The van der Waals surface area contributed by atoms with Crippen LogP contribution in [-0.2, 0) is 6.42 Å². The molecule has 3 nitrogen and oxygen atoms in total. The molecule has 1 aromatic carbocycles. The van der Waals surface area contributed by atoms with E-state index in [1.54, 1.807) is 6.08 Å². The Morgan fingerprint density at radius 2 is 2.04 bits per heavy atom. The van der Waals surface area contributed by atoms with Crippen LogP contribution in [0.25, 0.3) is 6.08 Å². The van der Waals surface area contributed by atoms with E-state index in [0.29, 0.717) is 23.5 Å². The highest BCUT2D eigenvalue weighted by Crippen LogP contribution is 2.61. The summed E-state index contributed by atoms with van der Waals surface area (Å²) < 4.78 is 0. The van der Waals surface area contributed by atoms with Gasteiger partial charge >= 0.3 is 0 Å². The molecule has 2 saturated carbocycles. The summed E-state index contributed by atoms with van der Waals surface area (Å²) in [6, 6.07) is 4.07. The number of aromatic hydroxyl groups is 1. The highest BCUT2D eigenvalue weighted by atomic mass is 16.3. The zero-order valence-corrected chi connectivity index (χ0v) is 14.4. The third-order valence-electron chi connectivity index (χ3n) is 7.22. The maximum absolute atomic E-state index is 10.5. The van der Waals surface area contributed by atoms with Crippen molar-refractivity contribution in [1.29, 1.82) is 0 Å². The predicted octanol–water partition coefficient (Wildman–Crippen LogP) is 3.61. The van der Waals surface area contributed by atoms with Gasteiger partial charge in [0.2, 0.25) is 0 Å². The van der Waals surface area contributed by atoms with E-state index >= 15 is 0 Å². The summed E-state index contributed by atoms with van der Waals surface area (Å²) in [7, 11) is 0. The summed E-state index contributed by atoms with van der Waals surface area (Å²) in [5.74, 6) is 2.16. The molecule has 0 saturated heterocycles. The molecule has 0 heterocycles. The molecule has 0 aliphatic heterocycles. The van der Waals surface area contributed by atoms with Crippen molar-refractivity contribution in [3.63, 3.8) is 0 Å². The summed E-state index contributed by atoms with van der Waals surface area (Å²) in [5, 5.41) is 29.7. The molecule has 0 bridgehead atoms. The normalized spacial score (nSPS) is 38.0. The van der Waals surface area contributed by atoms with Gasteiger partial charge in [0.05, 0.1) is 12.7 Å². The number of phenolic OH excluding ortho intramolecular Hbond substituents is 1. The quantitative estimate of drug-likeness (QED) is 0.777. The Labute approximate surface area is 144 Å². The summed E-state index contributed by atoms with van der Waals surface area (Å²) in [6.07, 6.45) is 9.90. The molecule has 3 aliphatic carbocycles. The van der Waals surface area contributed by atoms with E-state index in [-0.39, 0.29) is 18.1 Å². The Kier molecular flexibility index (Phi) is 3.97. The zero-order chi connectivity index (χ0) is 16.9. The molecule has 0 spiro atoms. The fraction of sp³-hybridized carbons (Fsp3) is 0.619. The molecule has 3 N–H and O–H groups in total. The molecule has 130 valence electrons. The van der Waals surface area contributed by atoms with E-state index in [4.69, 9.17) is 5.11 Å². The highest BCUT2D eigenvalue weighted by molar-refractivity contribution is 5.60. The summed E-state index contributed by atoms with van der Waals surface area (Å²) in [6.45, 7) is 2.29. The number of fused-ring (bicyclic) bond motifs is 5. The maximum atomic E-state index is 10.5. The van der Waals surface area contributed by atoms with Crippen LogP contribution in [0.2, 0.25) is 0 Å². The second-order valence-electron chi connectivity index (χ2n) is 8.25. The van der Waals surface area contributed by atoms with Gasteiger partial charge in [-0.1, -0.05) is 19.1 Å². The fourth-order valence-corrected chi connectivity index (χ4v) is 5.91. The van der Waals surface area contributed by atoms with Crippen LogP contribution in [0.5, 0.6) is 5.75 Å². The van der Waals surface area contributed by atoms with E-state index in [1.807, 2.05) is 12.1 Å². The second kappa shape index (κ2) is 5.89. The number of rotatable bonds is 2. The molecule has 24 heavy (non-hydrogen) atoms. The lowest BCUT2D eigenvalue weighted by Crippen LogP contribution is -2.43. The van der Waals surface area contributed by atoms with Crippen LogP contribution in [0.1, 0.15) is 61.6 Å². The highest BCUT2D eigenvalue weighted by Gasteiger charge is 2.54. The van der Waals surface area contributed by atoms with Gasteiger partial charge in [-0.3, -0.25) is 0 Å². The largest absolute Gasteiger partial charge is 0.507 e. The first-order chi connectivity index (χ1) is 11.5. The van der Waals surface area contributed by atoms with Crippen molar-refractivity contribution in [2.75, 3.05) is 6.61 Å². The minimum Gasteiger partial charge on any atom is -0.507 e. The van der Waals surface area contributed by atoms with Gasteiger partial charge in [-0.15, -0.1) is 0 Å². The number of aryl methyl sites for hydroxylation is 1. The van der Waals surface area contributed by atoms with Gasteiger partial charge in [0.1, 0.15) is 5.75 Å². The van der Waals surface area contributed by atoms with Crippen LogP contribution in [-0.4, -0.2) is 28.0 Å². The lowest BCUT2D eigenvalue weighted by molar-refractivity contribution is -0.0226. The standard InChI is InChI=1S/C21H28O3/c1-21-9-8-15-16(18(21)6-7-20(21)24)5-4-13-12-19(23)14(3-2-10-22)11-17(13)15/h2-3,11-12,15-16,18,20,22-24H,4-10H2,1H3/b3-2+/t15-,16+,18-,20-,21-/m0/s1. The topological polar surface area (TPSA) is 60.7 Å². The van der Waals surface area contributed by atoms with Gasteiger partial charge in [-0.05, 0) is 85.0 Å². The number of aliphatic hydroxyl groups is 2. The molecule has 1 aromatic rings. The van der Waals surface area contributed by atoms with Crippen molar-refractivity contribution in [2.45, 2.75) is 57.5 Å². The van der Waals surface area contributed by atoms with Crippen molar-refractivity contribution in [3.8, 4) is 5.75 Å². The smallest absolute Gasteiger partial charge is 0.123 e. The van der Waals surface area contributed by atoms with Gasteiger partial charge in [-0.2, -0.15) is 0 Å². The molecule has 0 unspecified atom stereocenters. The molecular formula is C21H28O3. The second-order valence-corrected chi connectivity index (χ2v) is 8.25. The number of benzene rings is 1. The molecule has 0 amide bonds. The SMILES string of the molecule is C[C@]12CC[C@@H]3c4cc(/C=C/CO)c(O)cc4CC[C@H]3[C@@H]1CC[C@@H]2O. The monoisotopic (exact) mass is 328 g/mol. The van der Waals surface area contributed by atoms with Gasteiger partial charge in [0.25, 0.3) is 0 Å². The molecule has 5 atom stereocenters.